The second kappa shape index (κ2) is 9.82. The van der Waals surface area contributed by atoms with Gasteiger partial charge in [-0.15, -0.1) is 0 Å². The molecule has 2 aliphatic heterocycles. The molecule has 0 unspecified atom stereocenters. The number of nitrogen functional groups attached to an aromatic ring is 1. The van der Waals surface area contributed by atoms with Gasteiger partial charge in [0.15, 0.2) is 5.82 Å². The number of likely N-dealkylation sites (tertiary alicyclic amines) is 1. The maximum Gasteiger partial charge on any atom is 0.418 e. The maximum absolute atomic E-state index is 14.8. The van der Waals surface area contributed by atoms with Gasteiger partial charge in [0.1, 0.15) is 23.8 Å². The van der Waals surface area contributed by atoms with Crippen molar-refractivity contribution in [3.05, 3.63) is 47.5 Å². The normalized spacial score (nSPS) is 20.7. The number of nitrogens with two attached hydrogens (primary N) is 1. The Hall–Kier alpha value is -3.81. The summed E-state index contributed by atoms with van der Waals surface area (Å²) in [6.07, 6.45) is -4.32. The van der Waals surface area contributed by atoms with Crippen molar-refractivity contribution in [2.75, 3.05) is 32.0 Å². The molecular formula is C24H23F5N6O3. The van der Waals surface area contributed by atoms with Crippen molar-refractivity contribution in [1.82, 2.24) is 24.8 Å². The lowest BCUT2D eigenvalue weighted by molar-refractivity contribution is -0.138. The topological polar surface area (TPSA) is 115 Å². The lowest BCUT2D eigenvalue weighted by Gasteiger charge is -2.26. The van der Waals surface area contributed by atoms with Crippen LogP contribution in [0.25, 0.3) is 16.8 Å². The van der Waals surface area contributed by atoms with Crippen LogP contribution >= 0.6 is 0 Å². The summed E-state index contributed by atoms with van der Waals surface area (Å²) in [6.45, 7) is 0.596. The number of nitrogens with zero attached hydrogens (tertiary/aromatic N) is 4. The lowest BCUT2D eigenvalue weighted by atomic mass is 9.99. The molecular weight excluding hydrogens is 515 g/mol. The van der Waals surface area contributed by atoms with Gasteiger partial charge in [0, 0.05) is 31.2 Å². The van der Waals surface area contributed by atoms with E-state index in [4.69, 9.17) is 10.5 Å². The molecule has 2 fully saturated rings. The quantitative estimate of drug-likeness (QED) is 0.494. The first-order valence-electron chi connectivity index (χ1n) is 11.9. The van der Waals surface area contributed by atoms with Crippen LogP contribution in [0, 0.1) is 11.7 Å². The largest absolute Gasteiger partial charge is 0.418 e. The van der Waals surface area contributed by atoms with Crippen LogP contribution in [-0.4, -0.2) is 69.8 Å². The summed E-state index contributed by atoms with van der Waals surface area (Å²) in [5.41, 5.74) is 3.52. The fourth-order valence-electron chi connectivity index (χ4n) is 4.88. The van der Waals surface area contributed by atoms with Crippen LogP contribution in [0.4, 0.5) is 27.8 Å². The average molecular weight is 538 g/mol. The van der Waals surface area contributed by atoms with Crippen molar-refractivity contribution in [3.8, 4) is 11.3 Å². The number of halogens is 5. The van der Waals surface area contributed by atoms with Crippen LogP contribution in [-0.2, 0) is 15.7 Å². The van der Waals surface area contributed by atoms with E-state index in [1.165, 1.54) is 11.0 Å². The molecule has 2 aliphatic rings. The molecule has 0 radical (unpaired) electrons. The fourth-order valence-corrected chi connectivity index (χ4v) is 4.88. The summed E-state index contributed by atoms with van der Waals surface area (Å²) in [7, 11) is 0. The molecule has 2 saturated heterocycles. The minimum Gasteiger partial charge on any atom is -0.382 e. The Kier molecular flexibility index (Phi) is 6.67. The van der Waals surface area contributed by atoms with E-state index in [-0.39, 0.29) is 36.2 Å². The van der Waals surface area contributed by atoms with E-state index in [0.29, 0.717) is 26.1 Å². The standard InChI is InChI=1S/C24H23F5N6O3/c25-16-2-1-13(19-8-15(24(27,28)29)20-21(30)31-11-32-35(19)20)7-14(16)22(36)33-18-10-34(9-17(18)26)23(37)12-3-5-38-6-4-12/h1-2,7-8,11-12,17-18H,3-6,9-10H2,(H,33,36)(H2,30,31,32)/t17-,18+/m0/s1. The molecule has 4 heterocycles. The molecule has 2 amide bonds. The van der Waals surface area contributed by atoms with Crippen molar-refractivity contribution in [1.29, 1.82) is 0 Å². The highest BCUT2D eigenvalue weighted by molar-refractivity contribution is 5.96. The molecule has 3 aromatic rings. The summed E-state index contributed by atoms with van der Waals surface area (Å²) in [6, 6.07) is 2.87. The number of carbonyl (C=O) groups excluding carboxylic acids is 2. The van der Waals surface area contributed by atoms with E-state index in [2.05, 4.69) is 15.4 Å². The summed E-state index contributed by atoms with van der Waals surface area (Å²) in [5, 5.41) is 6.27. The van der Waals surface area contributed by atoms with Crippen LogP contribution in [0.1, 0.15) is 28.8 Å². The minimum absolute atomic E-state index is 0.0414. The summed E-state index contributed by atoms with van der Waals surface area (Å²) < 4.78 is 76.5. The van der Waals surface area contributed by atoms with Gasteiger partial charge in [-0.05, 0) is 37.1 Å². The number of carbonyl (C=O) groups is 2. The third-order valence-corrected chi connectivity index (χ3v) is 6.84. The van der Waals surface area contributed by atoms with Gasteiger partial charge in [0.05, 0.1) is 29.4 Å². The number of ether oxygens (including phenoxy) is 1. The van der Waals surface area contributed by atoms with Gasteiger partial charge >= 0.3 is 6.18 Å². The van der Waals surface area contributed by atoms with Crippen molar-refractivity contribution in [3.63, 3.8) is 0 Å². The maximum atomic E-state index is 14.8. The highest BCUT2D eigenvalue weighted by atomic mass is 19.4. The van der Waals surface area contributed by atoms with Crippen molar-refractivity contribution in [2.45, 2.75) is 31.2 Å². The predicted molar refractivity (Wildman–Crippen MR) is 124 cm³/mol. The third kappa shape index (κ3) is 4.75. The van der Waals surface area contributed by atoms with Gasteiger partial charge in [-0.2, -0.15) is 18.3 Å². The summed E-state index contributed by atoms with van der Waals surface area (Å²) in [5.74, 6) is -2.84. The molecule has 9 nitrogen and oxygen atoms in total. The first-order chi connectivity index (χ1) is 18.0. The van der Waals surface area contributed by atoms with E-state index in [0.717, 1.165) is 29.0 Å². The van der Waals surface area contributed by atoms with Crippen LogP contribution in [0.5, 0.6) is 0 Å². The zero-order chi connectivity index (χ0) is 27.2. The SMILES string of the molecule is Nc1ncnn2c(-c3ccc(F)c(C(=O)N[C@@H]4CN(C(=O)C5CCOCC5)C[C@@H]4F)c3)cc(C(F)(F)F)c12. The van der Waals surface area contributed by atoms with Crippen molar-refractivity contribution < 1.29 is 36.3 Å². The molecule has 0 spiro atoms. The Labute approximate surface area is 212 Å². The number of alkyl halides is 4. The van der Waals surface area contributed by atoms with E-state index >= 15 is 0 Å². The Bertz CT molecular complexity index is 1390. The van der Waals surface area contributed by atoms with Gasteiger partial charge in [-0.3, -0.25) is 9.59 Å². The first kappa shape index (κ1) is 25.8. The number of fused-ring (bicyclic) bond motifs is 1. The molecule has 0 aliphatic carbocycles. The molecule has 1 aromatic carbocycles. The second-order valence-electron chi connectivity index (χ2n) is 9.27. The smallest absolute Gasteiger partial charge is 0.382 e. The molecule has 202 valence electrons. The number of rotatable bonds is 4. The fraction of sp³-hybridized carbons (Fsp3) is 0.417. The number of hydrogen-bond donors (Lipinski definition) is 2. The van der Waals surface area contributed by atoms with Crippen LogP contribution in [0.15, 0.2) is 30.6 Å². The molecule has 5 rings (SSSR count). The molecule has 2 atom stereocenters. The number of aromatic nitrogens is 3. The van der Waals surface area contributed by atoms with E-state index < -0.39 is 52.6 Å². The van der Waals surface area contributed by atoms with Gasteiger partial charge in [-0.25, -0.2) is 18.3 Å². The molecule has 0 bridgehead atoms. The molecule has 2 aromatic heterocycles. The van der Waals surface area contributed by atoms with Crippen molar-refractivity contribution in [2.24, 2.45) is 5.92 Å². The van der Waals surface area contributed by atoms with Crippen molar-refractivity contribution >= 4 is 23.1 Å². The van der Waals surface area contributed by atoms with Crippen LogP contribution in [0.2, 0.25) is 0 Å². The highest BCUT2D eigenvalue weighted by Gasteiger charge is 2.39. The van der Waals surface area contributed by atoms with Gasteiger partial charge < -0.3 is 20.7 Å². The molecule has 3 N–H and O–H groups in total. The van der Waals surface area contributed by atoms with Crippen LogP contribution in [0.3, 0.4) is 0 Å². The Morgan fingerprint density at radius 2 is 1.87 bits per heavy atom. The van der Waals surface area contributed by atoms with E-state index in [9.17, 15) is 31.5 Å². The first-order valence-corrected chi connectivity index (χ1v) is 11.9. The third-order valence-electron chi connectivity index (χ3n) is 6.84. The second-order valence-corrected chi connectivity index (χ2v) is 9.27. The van der Waals surface area contributed by atoms with Crippen LogP contribution < -0.4 is 11.1 Å². The zero-order valence-corrected chi connectivity index (χ0v) is 19.8. The van der Waals surface area contributed by atoms with Gasteiger partial charge in [0.2, 0.25) is 5.91 Å². The summed E-state index contributed by atoms with van der Waals surface area (Å²) in [4.78, 5) is 30.6. The van der Waals surface area contributed by atoms with E-state index in [1.54, 1.807) is 0 Å². The number of benzene rings is 1. The predicted octanol–water partition coefficient (Wildman–Crippen LogP) is 2.84. The summed E-state index contributed by atoms with van der Waals surface area (Å²) >= 11 is 0. The molecule has 38 heavy (non-hydrogen) atoms. The zero-order valence-electron chi connectivity index (χ0n) is 19.8. The number of amides is 2. The Morgan fingerprint density at radius 1 is 1.13 bits per heavy atom. The lowest BCUT2D eigenvalue weighted by Crippen LogP contribution is -2.43. The number of hydrogen-bond acceptors (Lipinski definition) is 6. The number of anilines is 1. The Morgan fingerprint density at radius 3 is 2.58 bits per heavy atom. The Balaban J connectivity index is 1.39. The number of nitrogens with one attached hydrogen (secondary N) is 1. The highest BCUT2D eigenvalue weighted by Crippen LogP contribution is 2.38. The molecule has 14 heteroatoms. The molecule has 0 saturated carbocycles. The average Bonchev–Trinajstić information content (AvgIpc) is 3.46. The van der Waals surface area contributed by atoms with Gasteiger partial charge in [-0.1, -0.05) is 0 Å². The van der Waals surface area contributed by atoms with Gasteiger partial charge in [0.25, 0.3) is 5.91 Å². The minimum atomic E-state index is -4.78. The van der Waals surface area contributed by atoms with E-state index in [1.807, 2.05) is 0 Å². The monoisotopic (exact) mass is 538 g/mol.